The molecule has 0 aromatic rings. The van der Waals surface area contributed by atoms with E-state index in [4.69, 9.17) is 18.9 Å². The van der Waals surface area contributed by atoms with Gasteiger partial charge in [0.25, 0.3) is 0 Å². The van der Waals surface area contributed by atoms with Crippen molar-refractivity contribution >= 4 is 0 Å². The van der Waals surface area contributed by atoms with Crippen LogP contribution < -0.4 is 0 Å². The summed E-state index contributed by atoms with van der Waals surface area (Å²) in [6.45, 7) is 4.39. The first-order valence-electron chi connectivity index (χ1n) is 5.55. The molecule has 0 N–H and O–H groups in total. The van der Waals surface area contributed by atoms with E-state index in [0.29, 0.717) is 26.4 Å². The molecule has 0 fully saturated rings. The summed E-state index contributed by atoms with van der Waals surface area (Å²) in [6, 6.07) is 0. The highest BCUT2D eigenvalue weighted by molar-refractivity contribution is 4.41. The lowest BCUT2D eigenvalue weighted by molar-refractivity contribution is 0.0599. The molecule has 4 heteroatoms. The van der Waals surface area contributed by atoms with Gasteiger partial charge in [-0.1, -0.05) is 0 Å². The molecule has 0 aliphatic carbocycles. The molecule has 0 atom stereocenters. The quantitative estimate of drug-likeness (QED) is 0.467. The van der Waals surface area contributed by atoms with Crippen LogP contribution in [0.1, 0.15) is 19.3 Å². The lowest BCUT2D eigenvalue weighted by atomic mass is 10.2. The number of methoxy groups -OCH3 is 2. The Morgan fingerprint density at radius 1 is 0.533 bits per heavy atom. The van der Waals surface area contributed by atoms with Crippen molar-refractivity contribution in [1.82, 2.24) is 0 Å². The molecule has 0 amide bonds. The van der Waals surface area contributed by atoms with Crippen molar-refractivity contribution in [2.45, 2.75) is 19.3 Å². The topological polar surface area (TPSA) is 36.9 Å². The van der Waals surface area contributed by atoms with Crippen LogP contribution in [0.3, 0.4) is 0 Å². The fourth-order valence-electron chi connectivity index (χ4n) is 1.07. The van der Waals surface area contributed by atoms with E-state index in [-0.39, 0.29) is 0 Å². The highest BCUT2D eigenvalue weighted by Crippen LogP contribution is 1.96. The largest absolute Gasteiger partial charge is 0.382 e. The van der Waals surface area contributed by atoms with Crippen LogP contribution >= 0.6 is 0 Å². The zero-order valence-electron chi connectivity index (χ0n) is 10.00. The van der Waals surface area contributed by atoms with Gasteiger partial charge in [0.2, 0.25) is 0 Å². The first kappa shape index (κ1) is 14.8. The third-order valence-electron chi connectivity index (χ3n) is 1.94. The van der Waals surface area contributed by atoms with Crippen molar-refractivity contribution in [3.8, 4) is 0 Å². The van der Waals surface area contributed by atoms with Crippen LogP contribution in [0.5, 0.6) is 0 Å². The third-order valence-corrected chi connectivity index (χ3v) is 1.94. The van der Waals surface area contributed by atoms with Gasteiger partial charge in [-0.3, -0.25) is 0 Å². The standard InChI is InChI=1S/C11H24O4/c1-12-8-10-14-6-4-3-5-7-15-11-9-13-2/h3-11H2,1-2H3. The molecule has 0 saturated heterocycles. The van der Waals surface area contributed by atoms with Crippen LogP contribution in [-0.4, -0.2) is 53.9 Å². The van der Waals surface area contributed by atoms with Gasteiger partial charge in [-0.15, -0.1) is 0 Å². The number of hydrogen-bond donors (Lipinski definition) is 0. The van der Waals surface area contributed by atoms with Crippen molar-refractivity contribution in [2.24, 2.45) is 0 Å². The summed E-state index contributed by atoms with van der Waals surface area (Å²) in [5.41, 5.74) is 0. The molecule has 0 heterocycles. The second-order valence-electron chi connectivity index (χ2n) is 3.27. The molecule has 0 rings (SSSR count). The van der Waals surface area contributed by atoms with Crippen LogP contribution in [0.25, 0.3) is 0 Å². The molecule has 4 nitrogen and oxygen atoms in total. The lowest BCUT2D eigenvalue weighted by Gasteiger charge is -2.04. The van der Waals surface area contributed by atoms with Gasteiger partial charge in [-0.05, 0) is 19.3 Å². The summed E-state index contributed by atoms with van der Waals surface area (Å²) in [5.74, 6) is 0. The second kappa shape index (κ2) is 13.8. The van der Waals surface area contributed by atoms with Crippen molar-refractivity contribution in [1.29, 1.82) is 0 Å². The van der Waals surface area contributed by atoms with Crippen LogP contribution in [0.15, 0.2) is 0 Å². The Morgan fingerprint density at radius 2 is 1.00 bits per heavy atom. The Balaban J connectivity index is 2.81. The second-order valence-corrected chi connectivity index (χ2v) is 3.27. The average Bonchev–Trinajstić information content (AvgIpc) is 2.26. The van der Waals surface area contributed by atoms with E-state index < -0.39 is 0 Å². The van der Waals surface area contributed by atoms with Gasteiger partial charge in [0.05, 0.1) is 26.4 Å². The molecule has 0 bridgehead atoms. The van der Waals surface area contributed by atoms with E-state index >= 15 is 0 Å². The van der Waals surface area contributed by atoms with Crippen molar-refractivity contribution in [3.05, 3.63) is 0 Å². The zero-order chi connectivity index (χ0) is 11.2. The Labute approximate surface area is 92.8 Å². The number of rotatable bonds is 12. The third kappa shape index (κ3) is 13.8. The molecule has 0 radical (unpaired) electrons. The Hall–Kier alpha value is -0.160. The van der Waals surface area contributed by atoms with E-state index in [1.165, 1.54) is 0 Å². The molecule has 0 aromatic heterocycles. The maximum atomic E-state index is 5.33. The minimum absolute atomic E-state index is 0.681. The summed E-state index contributed by atoms with van der Waals surface area (Å²) in [5, 5.41) is 0. The molecule has 0 aliphatic heterocycles. The van der Waals surface area contributed by atoms with E-state index in [1.807, 2.05) is 0 Å². The van der Waals surface area contributed by atoms with Gasteiger partial charge >= 0.3 is 0 Å². The van der Waals surface area contributed by atoms with E-state index in [2.05, 4.69) is 0 Å². The van der Waals surface area contributed by atoms with Crippen LogP contribution in [0.4, 0.5) is 0 Å². The lowest BCUT2D eigenvalue weighted by Crippen LogP contribution is -2.04. The van der Waals surface area contributed by atoms with Crippen LogP contribution in [0.2, 0.25) is 0 Å². The molecular weight excluding hydrogens is 196 g/mol. The predicted molar refractivity (Wildman–Crippen MR) is 59.2 cm³/mol. The number of unbranched alkanes of at least 4 members (excludes halogenated alkanes) is 2. The summed E-state index contributed by atoms with van der Waals surface area (Å²) < 4.78 is 20.4. The van der Waals surface area contributed by atoms with Gasteiger partial charge in [-0.2, -0.15) is 0 Å². The van der Waals surface area contributed by atoms with E-state index in [1.54, 1.807) is 14.2 Å². The van der Waals surface area contributed by atoms with Gasteiger partial charge in [0.15, 0.2) is 0 Å². The molecule has 0 saturated carbocycles. The monoisotopic (exact) mass is 220 g/mol. The Kier molecular flexibility index (Phi) is 13.7. The van der Waals surface area contributed by atoms with Crippen molar-refractivity contribution < 1.29 is 18.9 Å². The fraction of sp³-hybridized carbons (Fsp3) is 1.00. The number of ether oxygens (including phenoxy) is 4. The molecule has 0 spiro atoms. The van der Waals surface area contributed by atoms with E-state index in [0.717, 1.165) is 32.5 Å². The first-order valence-corrected chi connectivity index (χ1v) is 5.55. The predicted octanol–water partition coefficient (Wildman–Crippen LogP) is 1.48. The normalized spacial score (nSPS) is 10.8. The maximum Gasteiger partial charge on any atom is 0.0700 e. The van der Waals surface area contributed by atoms with Crippen LogP contribution in [0, 0.1) is 0 Å². The fourth-order valence-corrected chi connectivity index (χ4v) is 1.07. The summed E-state index contributed by atoms with van der Waals surface area (Å²) >= 11 is 0. The van der Waals surface area contributed by atoms with E-state index in [9.17, 15) is 0 Å². The summed E-state index contributed by atoms with van der Waals surface area (Å²) in [4.78, 5) is 0. The zero-order valence-corrected chi connectivity index (χ0v) is 10.00. The average molecular weight is 220 g/mol. The number of hydrogen-bond acceptors (Lipinski definition) is 4. The molecule has 0 aromatic carbocycles. The molecule has 0 aliphatic rings. The Morgan fingerprint density at radius 3 is 1.40 bits per heavy atom. The smallest absolute Gasteiger partial charge is 0.0700 e. The van der Waals surface area contributed by atoms with Gasteiger partial charge in [0, 0.05) is 27.4 Å². The molecule has 92 valence electrons. The summed E-state index contributed by atoms with van der Waals surface area (Å²) in [7, 11) is 3.36. The molecular formula is C11H24O4. The highest BCUT2D eigenvalue weighted by Gasteiger charge is 1.91. The summed E-state index contributed by atoms with van der Waals surface area (Å²) in [6.07, 6.45) is 3.34. The minimum atomic E-state index is 0.681. The molecule has 0 unspecified atom stereocenters. The van der Waals surface area contributed by atoms with Gasteiger partial charge in [-0.25, -0.2) is 0 Å². The Bertz CT molecular complexity index is 96.8. The minimum Gasteiger partial charge on any atom is -0.382 e. The highest BCUT2D eigenvalue weighted by atomic mass is 16.5. The van der Waals surface area contributed by atoms with Crippen molar-refractivity contribution in [3.63, 3.8) is 0 Å². The maximum absolute atomic E-state index is 5.33. The van der Waals surface area contributed by atoms with Crippen molar-refractivity contribution in [2.75, 3.05) is 53.9 Å². The van der Waals surface area contributed by atoms with Crippen LogP contribution in [-0.2, 0) is 18.9 Å². The first-order chi connectivity index (χ1) is 7.41. The van der Waals surface area contributed by atoms with Gasteiger partial charge < -0.3 is 18.9 Å². The van der Waals surface area contributed by atoms with Gasteiger partial charge in [0.1, 0.15) is 0 Å². The SMILES string of the molecule is COCCOCCCCCOCCOC. The molecule has 15 heavy (non-hydrogen) atoms.